The number of anilines is 1. The van der Waals surface area contributed by atoms with E-state index in [1.165, 1.54) is 25.7 Å². The Bertz CT molecular complexity index is 367. The highest BCUT2D eigenvalue weighted by Crippen LogP contribution is 2.27. The lowest BCUT2D eigenvalue weighted by Gasteiger charge is -2.30. The fraction of sp³-hybridized carbons (Fsp3) is 0.667. The maximum absolute atomic E-state index is 5.81. The first-order chi connectivity index (χ1) is 7.66. The van der Waals surface area contributed by atoms with Crippen LogP contribution in [0.5, 0.6) is 0 Å². The Morgan fingerprint density at radius 1 is 1.38 bits per heavy atom. The first-order valence-electron chi connectivity index (χ1n) is 5.92. The van der Waals surface area contributed by atoms with Crippen molar-refractivity contribution in [1.29, 1.82) is 0 Å². The van der Waals surface area contributed by atoms with Crippen LogP contribution in [0.2, 0.25) is 5.28 Å². The normalized spacial score (nSPS) is 25.4. The molecule has 0 radical (unpaired) electrons. The van der Waals surface area contributed by atoms with Crippen molar-refractivity contribution in [3.05, 3.63) is 17.0 Å². The van der Waals surface area contributed by atoms with E-state index in [1.54, 1.807) is 6.20 Å². The molecule has 2 atom stereocenters. The SMILES string of the molecule is Cc1cnc(Cl)nc1NC1CCCCC1C. The molecule has 0 aromatic carbocycles. The molecule has 1 saturated carbocycles. The molecule has 2 rings (SSSR count). The summed E-state index contributed by atoms with van der Waals surface area (Å²) in [4.78, 5) is 8.21. The predicted octanol–water partition coefficient (Wildman–Crippen LogP) is 3.43. The molecule has 1 aromatic rings. The quantitative estimate of drug-likeness (QED) is 0.804. The number of aromatic nitrogens is 2. The third-order valence-electron chi connectivity index (χ3n) is 3.38. The number of hydrogen-bond acceptors (Lipinski definition) is 3. The van der Waals surface area contributed by atoms with Gasteiger partial charge in [-0.2, -0.15) is 0 Å². The molecule has 16 heavy (non-hydrogen) atoms. The Labute approximate surface area is 102 Å². The molecule has 2 unspecified atom stereocenters. The summed E-state index contributed by atoms with van der Waals surface area (Å²) in [7, 11) is 0. The first kappa shape index (κ1) is 11.6. The van der Waals surface area contributed by atoms with Crippen molar-refractivity contribution in [2.24, 2.45) is 5.92 Å². The average molecular weight is 240 g/mol. The van der Waals surface area contributed by atoms with E-state index in [0.29, 0.717) is 17.2 Å². The average Bonchev–Trinajstić information content (AvgIpc) is 2.27. The van der Waals surface area contributed by atoms with Crippen molar-refractivity contribution < 1.29 is 0 Å². The number of rotatable bonds is 2. The molecule has 1 N–H and O–H groups in total. The van der Waals surface area contributed by atoms with Crippen LogP contribution in [0.1, 0.15) is 38.2 Å². The summed E-state index contributed by atoms with van der Waals surface area (Å²) in [6.07, 6.45) is 6.95. The Hall–Kier alpha value is -0.830. The van der Waals surface area contributed by atoms with Crippen LogP contribution < -0.4 is 5.32 Å². The van der Waals surface area contributed by atoms with Gasteiger partial charge in [0.05, 0.1) is 0 Å². The first-order valence-corrected chi connectivity index (χ1v) is 6.30. The van der Waals surface area contributed by atoms with Gasteiger partial charge in [-0.3, -0.25) is 0 Å². The Morgan fingerprint density at radius 2 is 2.12 bits per heavy atom. The molecule has 0 aliphatic heterocycles. The van der Waals surface area contributed by atoms with Crippen LogP contribution in [0.25, 0.3) is 0 Å². The molecule has 0 amide bonds. The van der Waals surface area contributed by atoms with E-state index in [1.807, 2.05) is 6.92 Å². The minimum atomic E-state index is 0.316. The molecule has 0 spiro atoms. The van der Waals surface area contributed by atoms with Gasteiger partial charge in [0.2, 0.25) is 5.28 Å². The number of halogens is 1. The summed E-state index contributed by atoms with van der Waals surface area (Å²) < 4.78 is 0. The second-order valence-corrected chi connectivity index (χ2v) is 5.02. The van der Waals surface area contributed by atoms with Gasteiger partial charge in [-0.1, -0.05) is 19.8 Å². The zero-order valence-corrected chi connectivity index (χ0v) is 10.6. The van der Waals surface area contributed by atoms with Gasteiger partial charge in [0.15, 0.2) is 0 Å². The third kappa shape index (κ3) is 2.64. The van der Waals surface area contributed by atoms with Crippen LogP contribution in [-0.4, -0.2) is 16.0 Å². The standard InChI is InChI=1S/C12H18ClN3/c1-8-5-3-4-6-10(8)15-11-9(2)7-14-12(13)16-11/h7-8,10H,3-6H2,1-2H3,(H,14,15,16). The molecular weight excluding hydrogens is 222 g/mol. The number of aryl methyl sites for hydroxylation is 1. The van der Waals surface area contributed by atoms with Gasteiger partial charge < -0.3 is 5.32 Å². The number of nitrogens with zero attached hydrogens (tertiary/aromatic N) is 2. The summed E-state index contributed by atoms with van der Waals surface area (Å²) in [6, 6.07) is 0.526. The lowest BCUT2D eigenvalue weighted by atomic mass is 9.86. The van der Waals surface area contributed by atoms with Crippen molar-refractivity contribution in [2.45, 2.75) is 45.6 Å². The van der Waals surface area contributed by atoms with E-state index in [-0.39, 0.29) is 0 Å². The van der Waals surface area contributed by atoms with Crippen LogP contribution in [0.4, 0.5) is 5.82 Å². The van der Waals surface area contributed by atoms with E-state index in [4.69, 9.17) is 11.6 Å². The highest BCUT2D eigenvalue weighted by Gasteiger charge is 2.21. The maximum Gasteiger partial charge on any atom is 0.224 e. The lowest BCUT2D eigenvalue weighted by molar-refractivity contribution is 0.349. The fourth-order valence-electron chi connectivity index (χ4n) is 2.27. The van der Waals surface area contributed by atoms with Crippen molar-refractivity contribution in [2.75, 3.05) is 5.32 Å². The van der Waals surface area contributed by atoms with E-state index >= 15 is 0 Å². The summed E-state index contributed by atoms with van der Waals surface area (Å²) in [6.45, 7) is 4.31. The second kappa shape index (κ2) is 5.00. The van der Waals surface area contributed by atoms with Crippen molar-refractivity contribution in [1.82, 2.24) is 9.97 Å². The van der Waals surface area contributed by atoms with E-state index in [0.717, 1.165) is 11.4 Å². The molecule has 3 nitrogen and oxygen atoms in total. The van der Waals surface area contributed by atoms with E-state index in [2.05, 4.69) is 22.2 Å². The molecule has 1 aliphatic carbocycles. The monoisotopic (exact) mass is 239 g/mol. The van der Waals surface area contributed by atoms with E-state index < -0.39 is 0 Å². The zero-order valence-electron chi connectivity index (χ0n) is 9.83. The van der Waals surface area contributed by atoms with Gasteiger partial charge in [-0.05, 0) is 37.3 Å². The summed E-state index contributed by atoms with van der Waals surface area (Å²) >= 11 is 5.81. The molecule has 1 fully saturated rings. The van der Waals surface area contributed by atoms with Crippen molar-refractivity contribution in [3.63, 3.8) is 0 Å². The van der Waals surface area contributed by atoms with Crippen LogP contribution in [-0.2, 0) is 0 Å². The Kier molecular flexibility index (Phi) is 3.64. The van der Waals surface area contributed by atoms with Crippen molar-refractivity contribution in [3.8, 4) is 0 Å². The number of nitrogens with one attached hydrogen (secondary N) is 1. The zero-order chi connectivity index (χ0) is 11.5. The maximum atomic E-state index is 5.81. The Balaban J connectivity index is 2.10. The highest BCUT2D eigenvalue weighted by molar-refractivity contribution is 6.28. The second-order valence-electron chi connectivity index (χ2n) is 4.68. The fourth-order valence-corrected chi connectivity index (χ4v) is 2.41. The van der Waals surface area contributed by atoms with Gasteiger partial charge in [0.25, 0.3) is 0 Å². The number of hydrogen-bond donors (Lipinski definition) is 1. The lowest BCUT2D eigenvalue weighted by Crippen LogP contribution is -2.31. The summed E-state index contributed by atoms with van der Waals surface area (Å²) in [5.41, 5.74) is 1.06. The molecule has 0 bridgehead atoms. The molecule has 0 saturated heterocycles. The van der Waals surface area contributed by atoms with Crippen LogP contribution in [0.15, 0.2) is 6.20 Å². The minimum Gasteiger partial charge on any atom is -0.367 e. The van der Waals surface area contributed by atoms with Gasteiger partial charge in [0, 0.05) is 17.8 Å². The van der Waals surface area contributed by atoms with Gasteiger partial charge in [-0.15, -0.1) is 0 Å². The smallest absolute Gasteiger partial charge is 0.224 e. The van der Waals surface area contributed by atoms with Gasteiger partial charge in [-0.25, -0.2) is 9.97 Å². The predicted molar refractivity (Wildman–Crippen MR) is 66.8 cm³/mol. The van der Waals surface area contributed by atoms with Gasteiger partial charge in [0.1, 0.15) is 5.82 Å². The molecule has 88 valence electrons. The molecule has 1 aromatic heterocycles. The molecule has 1 heterocycles. The summed E-state index contributed by atoms with van der Waals surface area (Å²) in [5, 5.41) is 3.82. The van der Waals surface area contributed by atoms with Crippen LogP contribution >= 0.6 is 11.6 Å². The largest absolute Gasteiger partial charge is 0.367 e. The molecule has 1 aliphatic rings. The Morgan fingerprint density at radius 3 is 2.88 bits per heavy atom. The third-order valence-corrected chi connectivity index (χ3v) is 3.56. The highest BCUT2D eigenvalue weighted by atomic mass is 35.5. The summed E-state index contributed by atoms with van der Waals surface area (Å²) in [5.74, 6) is 1.60. The van der Waals surface area contributed by atoms with Crippen LogP contribution in [0, 0.1) is 12.8 Å². The minimum absolute atomic E-state index is 0.316. The topological polar surface area (TPSA) is 37.8 Å². The van der Waals surface area contributed by atoms with Crippen molar-refractivity contribution >= 4 is 17.4 Å². The van der Waals surface area contributed by atoms with Gasteiger partial charge >= 0.3 is 0 Å². The molecular formula is C12H18ClN3. The van der Waals surface area contributed by atoms with E-state index in [9.17, 15) is 0 Å². The molecule has 4 heteroatoms. The van der Waals surface area contributed by atoms with Crippen LogP contribution in [0.3, 0.4) is 0 Å².